The van der Waals surface area contributed by atoms with Crippen molar-refractivity contribution in [1.29, 1.82) is 0 Å². The first-order valence-electron chi connectivity index (χ1n) is 4.61. The minimum atomic E-state index is -1.14. The van der Waals surface area contributed by atoms with Crippen LogP contribution in [0.1, 0.15) is 6.92 Å². The number of nitrogens with two attached hydrogens (primary N) is 2. The van der Waals surface area contributed by atoms with Crippen molar-refractivity contribution < 1.29 is 19.5 Å². The Morgan fingerprint density at radius 3 is 2.25 bits per heavy atom. The Balaban J connectivity index is 4.22. The Hall–Kier alpha value is -1.67. The molecule has 0 saturated heterocycles. The van der Waals surface area contributed by atoms with Gasteiger partial charge in [-0.15, -0.1) is 0 Å². The van der Waals surface area contributed by atoms with Crippen molar-refractivity contribution in [3.05, 3.63) is 0 Å². The summed E-state index contributed by atoms with van der Waals surface area (Å²) >= 11 is 0. The van der Waals surface area contributed by atoms with Crippen LogP contribution >= 0.6 is 0 Å². The molecule has 8 heteroatoms. The van der Waals surface area contributed by atoms with Gasteiger partial charge in [-0.1, -0.05) is 0 Å². The van der Waals surface area contributed by atoms with Gasteiger partial charge < -0.3 is 27.2 Å². The number of amides is 3. The topological polar surface area (TPSA) is 148 Å². The van der Waals surface area contributed by atoms with Crippen LogP contribution in [0.2, 0.25) is 0 Å². The van der Waals surface area contributed by atoms with Crippen LogP contribution in [0.3, 0.4) is 0 Å². The van der Waals surface area contributed by atoms with Gasteiger partial charge in [-0.3, -0.25) is 14.4 Å². The quantitative estimate of drug-likeness (QED) is 0.321. The number of hydrogen-bond acceptors (Lipinski definition) is 5. The molecule has 0 radical (unpaired) electrons. The van der Waals surface area contributed by atoms with Crippen molar-refractivity contribution in [2.45, 2.75) is 19.0 Å². The highest BCUT2D eigenvalue weighted by atomic mass is 16.3. The van der Waals surface area contributed by atoms with Crippen molar-refractivity contribution in [2.24, 2.45) is 11.5 Å². The molecule has 0 heterocycles. The first kappa shape index (κ1) is 14.3. The molecule has 2 atom stereocenters. The van der Waals surface area contributed by atoms with Gasteiger partial charge in [-0.2, -0.15) is 0 Å². The lowest BCUT2D eigenvalue weighted by Gasteiger charge is -2.16. The van der Waals surface area contributed by atoms with Crippen molar-refractivity contribution in [2.75, 3.05) is 13.2 Å². The summed E-state index contributed by atoms with van der Waals surface area (Å²) in [6.07, 6.45) is 0. The van der Waals surface area contributed by atoms with Gasteiger partial charge in [0.25, 0.3) is 0 Å². The number of primary amides is 1. The molecule has 7 N–H and O–H groups in total. The third kappa shape index (κ3) is 5.27. The molecule has 0 saturated carbocycles. The van der Waals surface area contributed by atoms with Gasteiger partial charge >= 0.3 is 0 Å². The molecule has 92 valence electrons. The standard InChI is InChI=1S/C8H16N4O4/c1-4(9)7(15)12-5(3-13)8(16)11-2-6(10)14/h4-5,13H,2-3,9H2,1H3,(H2,10,14)(H,11,16)(H,12,15). The maximum Gasteiger partial charge on any atom is 0.245 e. The van der Waals surface area contributed by atoms with E-state index in [1.807, 2.05) is 0 Å². The van der Waals surface area contributed by atoms with Gasteiger partial charge in [0.1, 0.15) is 6.04 Å². The van der Waals surface area contributed by atoms with E-state index in [2.05, 4.69) is 10.6 Å². The second kappa shape index (κ2) is 6.75. The van der Waals surface area contributed by atoms with E-state index < -0.39 is 36.4 Å². The van der Waals surface area contributed by atoms with Crippen molar-refractivity contribution in [1.82, 2.24) is 10.6 Å². The van der Waals surface area contributed by atoms with Crippen LogP contribution < -0.4 is 22.1 Å². The predicted molar refractivity (Wildman–Crippen MR) is 54.9 cm³/mol. The monoisotopic (exact) mass is 232 g/mol. The van der Waals surface area contributed by atoms with Gasteiger partial charge in [-0.05, 0) is 6.92 Å². The van der Waals surface area contributed by atoms with E-state index in [0.717, 1.165) is 0 Å². The summed E-state index contributed by atoms with van der Waals surface area (Å²) in [7, 11) is 0. The van der Waals surface area contributed by atoms with Crippen LogP contribution in [0.4, 0.5) is 0 Å². The molecular formula is C8H16N4O4. The van der Waals surface area contributed by atoms with E-state index in [1.54, 1.807) is 0 Å². The van der Waals surface area contributed by atoms with E-state index in [-0.39, 0.29) is 6.54 Å². The third-order valence-electron chi connectivity index (χ3n) is 1.67. The Bertz CT molecular complexity index is 279. The second-order valence-electron chi connectivity index (χ2n) is 3.22. The zero-order valence-corrected chi connectivity index (χ0v) is 8.90. The van der Waals surface area contributed by atoms with Gasteiger partial charge in [0.15, 0.2) is 0 Å². The van der Waals surface area contributed by atoms with Crippen LogP contribution in [-0.2, 0) is 14.4 Å². The SMILES string of the molecule is CC(N)C(=O)NC(CO)C(=O)NCC(N)=O. The highest BCUT2D eigenvalue weighted by molar-refractivity contribution is 5.91. The minimum Gasteiger partial charge on any atom is -0.394 e. The normalized spacial score (nSPS) is 13.7. The van der Waals surface area contributed by atoms with Gasteiger partial charge in [-0.25, -0.2) is 0 Å². The van der Waals surface area contributed by atoms with Crippen molar-refractivity contribution >= 4 is 17.7 Å². The molecule has 0 aromatic carbocycles. The van der Waals surface area contributed by atoms with E-state index >= 15 is 0 Å². The number of aliphatic hydroxyl groups is 1. The fourth-order valence-corrected chi connectivity index (χ4v) is 0.795. The Labute approximate surface area is 92.4 Å². The van der Waals surface area contributed by atoms with E-state index in [0.29, 0.717) is 0 Å². The summed E-state index contributed by atoms with van der Waals surface area (Å²) in [5.74, 6) is -1.99. The first-order chi connectivity index (χ1) is 7.38. The van der Waals surface area contributed by atoms with E-state index in [9.17, 15) is 14.4 Å². The number of carbonyl (C=O) groups excluding carboxylic acids is 3. The molecule has 2 unspecified atom stereocenters. The van der Waals surface area contributed by atoms with Gasteiger partial charge in [0.2, 0.25) is 17.7 Å². The number of nitrogens with one attached hydrogen (secondary N) is 2. The minimum absolute atomic E-state index is 0.358. The van der Waals surface area contributed by atoms with E-state index in [1.165, 1.54) is 6.92 Å². The molecule has 0 aliphatic carbocycles. The molecule has 0 aliphatic heterocycles. The number of carbonyl (C=O) groups is 3. The molecule has 0 spiro atoms. The zero-order chi connectivity index (χ0) is 12.7. The lowest BCUT2D eigenvalue weighted by Crippen LogP contribution is -2.53. The molecule has 8 nitrogen and oxygen atoms in total. The van der Waals surface area contributed by atoms with Crippen LogP contribution in [0.25, 0.3) is 0 Å². The summed E-state index contributed by atoms with van der Waals surface area (Å²) in [5.41, 5.74) is 10.1. The molecule has 0 aromatic rings. The largest absolute Gasteiger partial charge is 0.394 e. The van der Waals surface area contributed by atoms with Crippen LogP contribution in [0, 0.1) is 0 Å². The maximum absolute atomic E-state index is 11.3. The summed E-state index contributed by atoms with van der Waals surface area (Å²) in [6, 6.07) is -1.93. The highest BCUT2D eigenvalue weighted by Crippen LogP contribution is 1.85. The average molecular weight is 232 g/mol. The number of aliphatic hydroxyl groups excluding tert-OH is 1. The second-order valence-corrected chi connectivity index (χ2v) is 3.22. The molecule has 0 rings (SSSR count). The van der Waals surface area contributed by atoms with E-state index in [4.69, 9.17) is 16.6 Å². The smallest absolute Gasteiger partial charge is 0.245 e. The van der Waals surface area contributed by atoms with Crippen LogP contribution in [0.5, 0.6) is 0 Å². The fourth-order valence-electron chi connectivity index (χ4n) is 0.795. The van der Waals surface area contributed by atoms with Gasteiger partial charge in [0.05, 0.1) is 19.2 Å². The van der Waals surface area contributed by atoms with Crippen LogP contribution in [-0.4, -0.2) is 48.1 Å². The summed E-state index contributed by atoms with van der Waals surface area (Å²) < 4.78 is 0. The molecule has 16 heavy (non-hydrogen) atoms. The first-order valence-corrected chi connectivity index (χ1v) is 4.61. The van der Waals surface area contributed by atoms with Gasteiger partial charge in [0, 0.05) is 0 Å². The molecule has 0 fully saturated rings. The summed E-state index contributed by atoms with van der Waals surface area (Å²) in [6.45, 7) is 0.484. The lowest BCUT2D eigenvalue weighted by atomic mass is 10.2. The number of hydrogen-bond donors (Lipinski definition) is 5. The highest BCUT2D eigenvalue weighted by Gasteiger charge is 2.21. The average Bonchev–Trinajstić information content (AvgIpc) is 2.21. The zero-order valence-electron chi connectivity index (χ0n) is 8.90. The van der Waals surface area contributed by atoms with Crippen LogP contribution in [0.15, 0.2) is 0 Å². The maximum atomic E-state index is 11.3. The molecule has 0 aromatic heterocycles. The molecular weight excluding hydrogens is 216 g/mol. The fraction of sp³-hybridized carbons (Fsp3) is 0.625. The van der Waals surface area contributed by atoms with Crippen molar-refractivity contribution in [3.63, 3.8) is 0 Å². The number of rotatable bonds is 6. The molecule has 0 bridgehead atoms. The van der Waals surface area contributed by atoms with Crippen molar-refractivity contribution in [3.8, 4) is 0 Å². The Morgan fingerprint density at radius 2 is 1.88 bits per heavy atom. The molecule has 0 aliphatic rings. The summed E-state index contributed by atoms with van der Waals surface area (Å²) in [4.78, 5) is 32.8. The molecule has 3 amide bonds. The Morgan fingerprint density at radius 1 is 1.31 bits per heavy atom. The predicted octanol–water partition coefficient (Wildman–Crippen LogP) is -3.59. The lowest BCUT2D eigenvalue weighted by molar-refractivity contribution is -0.131. The Kier molecular flexibility index (Phi) is 6.04. The summed E-state index contributed by atoms with van der Waals surface area (Å²) in [5, 5.41) is 13.2. The third-order valence-corrected chi connectivity index (χ3v) is 1.67.